The van der Waals surface area contributed by atoms with Crippen LogP contribution in [0, 0.1) is 0 Å². The third kappa shape index (κ3) is 2.46. The van der Waals surface area contributed by atoms with E-state index in [2.05, 4.69) is 5.38 Å². The summed E-state index contributed by atoms with van der Waals surface area (Å²) < 4.78 is 11.0. The van der Waals surface area contributed by atoms with E-state index < -0.39 is 0 Å². The summed E-state index contributed by atoms with van der Waals surface area (Å²) in [7, 11) is 0. The molecule has 0 bridgehead atoms. The van der Waals surface area contributed by atoms with Gasteiger partial charge in [-0.15, -0.1) is 12.4 Å². The predicted octanol–water partition coefficient (Wildman–Crippen LogP) is 2.99. The van der Waals surface area contributed by atoms with Gasteiger partial charge >= 0.3 is 0 Å². The van der Waals surface area contributed by atoms with Crippen LogP contribution in [0.3, 0.4) is 0 Å². The summed E-state index contributed by atoms with van der Waals surface area (Å²) in [5.74, 6) is 1.59. The normalized spacial score (nSPS) is 14.7. The highest BCUT2D eigenvalue weighted by molar-refractivity contribution is 7.08. The van der Waals surface area contributed by atoms with Gasteiger partial charge in [0.15, 0.2) is 11.5 Å². The lowest BCUT2D eigenvalue weighted by atomic mass is 10.0. The Morgan fingerprint density at radius 1 is 1.06 bits per heavy atom. The number of ether oxygens (including phenoxy) is 2. The van der Waals surface area contributed by atoms with Crippen LogP contribution < -0.4 is 15.2 Å². The molecule has 0 aliphatic carbocycles. The number of nitrogens with two attached hydrogens (primary N) is 1. The van der Waals surface area contributed by atoms with Gasteiger partial charge in [0.25, 0.3) is 0 Å². The molecule has 2 aromatic rings. The minimum atomic E-state index is -0.0999. The second kappa shape index (κ2) is 5.61. The summed E-state index contributed by atoms with van der Waals surface area (Å²) in [5.41, 5.74) is 8.38. The average molecular weight is 284 g/mol. The summed E-state index contributed by atoms with van der Waals surface area (Å²) in [4.78, 5) is 0. The minimum Gasteiger partial charge on any atom is -0.486 e. The molecule has 1 aliphatic rings. The van der Waals surface area contributed by atoms with Gasteiger partial charge in [0.2, 0.25) is 0 Å². The fraction of sp³-hybridized carbons (Fsp3) is 0.231. The molecule has 0 amide bonds. The van der Waals surface area contributed by atoms with E-state index in [1.807, 2.05) is 29.6 Å². The Morgan fingerprint density at radius 3 is 2.56 bits per heavy atom. The van der Waals surface area contributed by atoms with Crippen LogP contribution in [-0.2, 0) is 0 Å². The Hall–Kier alpha value is -1.23. The van der Waals surface area contributed by atoms with Crippen molar-refractivity contribution in [2.24, 2.45) is 5.73 Å². The first kappa shape index (κ1) is 13.2. The topological polar surface area (TPSA) is 44.5 Å². The molecule has 1 atom stereocenters. The van der Waals surface area contributed by atoms with E-state index in [-0.39, 0.29) is 18.4 Å². The standard InChI is InChI=1S/C13H13NO2S.ClH/c14-13(10-3-6-17-8-10)9-1-2-11-12(7-9)16-5-4-15-11;/h1-3,6-8,13H,4-5,14H2;1H/t13-;/m1./s1. The summed E-state index contributed by atoms with van der Waals surface area (Å²) >= 11 is 1.66. The maximum Gasteiger partial charge on any atom is 0.161 e. The third-order valence-electron chi connectivity index (χ3n) is 2.83. The zero-order valence-corrected chi connectivity index (χ0v) is 11.3. The van der Waals surface area contributed by atoms with Gasteiger partial charge in [0.05, 0.1) is 6.04 Å². The number of hydrogen-bond donors (Lipinski definition) is 1. The summed E-state index contributed by atoms with van der Waals surface area (Å²) in [6, 6.07) is 7.84. The van der Waals surface area contributed by atoms with Crippen LogP contribution in [0.25, 0.3) is 0 Å². The van der Waals surface area contributed by atoms with Crippen LogP contribution in [0.15, 0.2) is 35.0 Å². The highest BCUT2D eigenvalue weighted by Gasteiger charge is 2.15. The maximum absolute atomic E-state index is 6.20. The first-order chi connectivity index (χ1) is 8.34. The quantitative estimate of drug-likeness (QED) is 0.921. The van der Waals surface area contributed by atoms with Crippen LogP contribution in [0.2, 0.25) is 0 Å². The maximum atomic E-state index is 6.20. The molecule has 2 N–H and O–H groups in total. The van der Waals surface area contributed by atoms with E-state index in [1.54, 1.807) is 11.3 Å². The van der Waals surface area contributed by atoms with Crippen molar-refractivity contribution in [2.75, 3.05) is 13.2 Å². The lowest BCUT2D eigenvalue weighted by Crippen LogP contribution is -2.17. The number of hydrogen-bond acceptors (Lipinski definition) is 4. The molecule has 0 fully saturated rings. The fourth-order valence-corrected chi connectivity index (χ4v) is 2.59. The van der Waals surface area contributed by atoms with Crippen molar-refractivity contribution in [3.63, 3.8) is 0 Å². The van der Waals surface area contributed by atoms with Gasteiger partial charge in [0.1, 0.15) is 13.2 Å². The van der Waals surface area contributed by atoms with Gasteiger partial charge in [-0.2, -0.15) is 11.3 Å². The zero-order chi connectivity index (χ0) is 11.7. The zero-order valence-electron chi connectivity index (χ0n) is 9.67. The Bertz CT molecular complexity index is 516. The van der Waals surface area contributed by atoms with Gasteiger partial charge in [-0.05, 0) is 40.1 Å². The molecule has 0 radical (unpaired) electrons. The molecule has 3 nitrogen and oxygen atoms in total. The van der Waals surface area contributed by atoms with Crippen molar-refractivity contribution in [2.45, 2.75) is 6.04 Å². The molecule has 1 aromatic heterocycles. The number of benzene rings is 1. The molecule has 0 spiro atoms. The van der Waals surface area contributed by atoms with Gasteiger partial charge in [-0.3, -0.25) is 0 Å². The van der Waals surface area contributed by atoms with Crippen LogP contribution in [-0.4, -0.2) is 13.2 Å². The van der Waals surface area contributed by atoms with E-state index in [0.29, 0.717) is 13.2 Å². The molecular formula is C13H14ClNO2S. The van der Waals surface area contributed by atoms with Gasteiger partial charge in [0, 0.05) is 0 Å². The van der Waals surface area contributed by atoms with Crippen molar-refractivity contribution in [1.29, 1.82) is 0 Å². The fourth-order valence-electron chi connectivity index (χ4n) is 1.90. The van der Waals surface area contributed by atoms with E-state index >= 15 is 0 Å². The van der Waals surface area contributed by atoms with Gasteiger partial charge in [-0.1, -0.05) is 6.07 Å². The summed E-state index contributed by atoms with van der Waals surface area (Å²) in [6.45, 7) is 1.22. The Morgan fingerprint density at radius 2 is 1.83 bits per heavy atom. The van der Waals surface area contributed by atoms with Crippen molar-refractivity contribution in [3.05, 3.63) is 46.2 Å². The number of thiophene rings is 1. The highest BCUT2D eigenvalue weighted by Crippen LogP contribution is 2.33. The molecule has 2 heterocycles. The predicted molar refractivity (Wildman–Crippen MR) is 75.0 cm³/mol. The lowest BCUT2D eigenvalue weighted by molar-refractivity contribution is 0.171. The third-order valence-corrected chi connectivity index (χ3v) is 3.53. The second-order valence-electron chi connectivity index (χ2n) is 3.94. The summed E-state index contributed by atoms with van der Waals surface area (Å²) in [5, 5.41) is 4.11. The molecular weight excluding hydrogens is 270 g/mol. The van der Waals surface area contributed by atoms with Crippen molar-refractivity contribution < 1.29 is 9.47 Å². The van der Waals surface area contributed by atoms with Crippen molar-refractivity contribution in [3.8, 4) is 11.5 Å². The van der Waals surface area contributed by atoms with E-state index in [0.717, 1.165) is 22.6 Å². The number of halogens is 1. The Labute approximate surface area is 116 Å². The van der Waals surface area contributed by atoms with E-state index in [9.17, 15) is 0 Å². The smallest absolute Gasteiger partial charge is 0.161 e. The highest BCUT2D eigenvalue weighted by atomic mass is 35.5. The van der Waals surface area contributed by atoms with Crippen LogP contribution in [0.5, 0.6) is 11.5 Å². The van der Waals surface area contributed by atoms with Crippen LogP contribution in [0.1, 0.15) is 17.2 Å². The second-order valence-corrected chi connectivity index (χ2v) is 4.72. The van der Waals surface area contributed by atoms with E-state index in [1.165, 1.54) is 0 Å². The van der Waals surface area contributed by atoms with Gasteiger partial charge < -0.3 is 15.2 Å². The molecule has 0 unspecified atom stereocenters. The molecule has 18 heavy (non-hydrogen) atoms. The molecule has 3 rings (SSSR count). The van der Waals surface area contributed by atoms with Crippen molar-refractivity contribution >= 4 is 23.7 Å². The minimum absolute atomic E-state index is 0. The Balaban J connectivity index is 0.00000120. The summed E-state index contributed by atoms with van der Waals surface area (Å²) in [6.07, 6.45) is 0. The molecule has 5 heteroatoms. The van der Waals surface area contributed by atoms with Crippen LogP contribution >= 0.6 is 23.7 Å². The first-order valence-corrected chi connectivity index (χ1v) is 6.46. The number of rotatable bonds is 2. The number of fused-ring (bicyclic) bond motifs is 1. The molecule has 0 saturated heterocycles. The SMILES string of the molecule is Cl.N[C@@H](c1ccsc1)c1ccc2c(c1)OCCO2. The first-order valence-electron chi connectivity index (χ1n) is 5.52. The van der Waals surface area contributed by atoms with Gasteiger partial charge in [-0.25, -0.2) is 0 Å². The molecule has 96 valence electrons. The lowest BCUT2D eigenvalue weighted by Gasteiger charge is -2.20. The average Bonchev–Trinajstić information content (AvgIpc) is 2.91. The largest absolute Gasteiger partial charge is 0.486 e. The van der Waals surface area contributed by atoms with Crippen molar-refractivity contribution in [1.82, 2.24) is 0 Å². The molecule has 1 aliphatic heterocycles. The molecule has 1 aromatic carbocycles. The van der Waals surface area contributed by atoms with Crippen LogP contribution in [0.4, 0.5) is 0 Å². The van der Waals surface area contributed by atoms with E-state index in [4.69, 9.17) is 15.2 Å². The molecule has 0 saturated carbocycles. The Kier molecular flexibility index (Phi) is 4.11. The monoisotopic (exact) mass is 283 g/mol.